The number of hydrogen-bond acceptors (Lipinski definition) is 8. The standard InChI is InChI=1S/C24H26FN7O2/c1-34-21-12-15(6-7-20(21)31-10-8-27-9-11-31)29-24-28-13-18(25)23(30-24)32-14-17(22(26)33)16-4-2-3-5-19(16)32/h2-7,12-14,22,27,33H,8-11,26H2,1H3,(H,28,29,30). The molecule has 0 amide bonds. The molecule has 0 spiro atoms. The molecule has 34 heavy (non-hydrogen) atoms. The number of para-hydroxylation sites is 1. The van der Waals surface area contributed by atoms with Gasteiger partial charge in [-0.3, -0.25) is 4.57 Å². The summed E-state index contributed by atoms with van der Waals surface area (Å²) in [7, 11) is 1.64. The van der Waals surface area contributed by atoms with E-state index in [1.165, 1.54) is 0 Å². The lowest BCUT2D eigenvalue weighted by Crippen LogP contribution is -2.43. The molecule has 0 saturated carbocycles. The van der Waals surface area contributed by atoms with Crippen LogP contribution in [0.5, 0.6) is 5.75 Å². The molecule has 4 aromatic rings. The summed E-state index contributed by atoms with van der Waals surface area (Å²) < 4.78 is 22.0. The van der Waals surface area contributed by atoms with Crippen molar-refractivity contribution in [1.29, 1.82) is 0 Å². The lowest BCUT2D eigenvalue weighted by molar-refractivity contribution is 0.187. The monoisotopic (exact) mass is 463 g/mol. The first-order valence-electron chi connectivity index (χ1n) is 11.0. The van der Waals surface area contributed by atoms with E-state index in [1.54, 1.807) is 17.9 Å². The van der Waals surface area contributed by atoms with Crippen molar-refractivity contribution in [3.63, 3.8) is 0 Å². The fourth-order valence-corrected chi connectivity index (χ4v) is 4.26. The number of rotatable bonds is 6. The second-order valence-corrected chi connectivity index (χ2v) is 8.03. The zero-order chi connectivity index (χ0) is 23.7. The Morgan fingerprint density at radius 1 is 1.21 bits per heavy atom. The van der Waals surface area contributed by atoms with Crippen molar-refractivity contribution in [2.45, 2.75) is 6.23 Å². The van der Waals surface area contributed by atoms with Gasteiger partial charge >= 0.3 is 0 Å². The lowest BCUT2D eigenvalue weighted by Gasteiger charge is -2.30. The number of anilines is 3. The number of nitrogens with one attached hydrogen (secondary N) is 2. The van der Waals surface area contributed by atoms with Gasteiger partial charge in [0.25, 0.3) is 0 Å². The Morgan fingerprint density at radius 3 is 2.76 bits per heavy atom. The van der Waals surface area contributed by atoms with Crippen LogP contribution in [-0.4, -0.2) is 52.9 Å². The van der Waals surface area contributed by atoms with Crippen molar-refractivity contribution in [2.24, 2.45) is 5.73 Å². The molecule has 0 bridgehead atoms. The highest BCUT2D eigenvalue weighted by atomic mass is 19.1. The second-order valence-electron chi connectivity index (χ2n) is 8.03. The Labute approximate surface area is 196 Å². The van der Waals surface area contributed by atoms with Crippen molar-refractivity contribution in [1.82, 2.24) is 19.9 Å². The van der Waals surface area contributed by atoms with Crippen molar-refractivity contribution in [2.75, 3.05) is 43.5 Å². The first kappa shape index (κ1) is 22.1. The van der Waals surface area contributed by atoms with E-state index in [1.807, 2.05) is 42.5 Å². The summed E-state index contributed by atoms with van der Waals surface area (Å²) in [5.41, 5.74) is 8.60. The molecule has 10 heteroatoms. The number of aromatic nitrogens is 3. The first-order chi connectivity index (χ1) is 16.5. The van der Waals surface area contributed by atoms with Gasteiger partial charge in [-0.25, -0.2) is 9.37 Å². The number of nitrogens with zero attached hydrogens (tertiary/aromatic N) is 4. The quantitative estimate of drug-likeness (QED) is 0.323. The largest absolute Gasteiger partial charge is 0.495 e. The Morgan fingerprint density at radius 2 is 2.00 bits per heavy atom. The van der Waals surface area contributed by atoms with E-state index in [0.29, 0.717) is 16.8 Å². The molecule has 3 heterocycles. The number of aliphatic hydroxyl groups excluding tert-OH is 1. The molecule has 1 atom stereocenters. The third-order valence-electron chi connectivity index (χ3n) is 5.91. The Balaban J connectivity index is 1.48. The molecular formula is C24H26FN7O2. The summed E-state index contributed by atoms with van der Waals surface area (Å²) in [5.74, 6) is 0.397. The van der Waals surface area contributed by atoms with Crippen molar-refractivity contribution >= 4 is 28.2 Å². The van der Waals surface area contributed by atoms with Gasteiger partial charge in [0.15, 0.2) is 11.6 Å². The van der Waals surface area contributed by atoms with E-state index in [0.717, 1.165) is 49.2 Å². The Hall–Kier alpha value is -3.73. The van der Waals surface area contributed by atoms with Crippen molar-refractivity contribution in [3.05, 3.63) is 66.2 Å². The molecule has 1 aliphatic rings. The average molecular weight is 464 g/mol. The van der Waals surface area contributed by atoms with Crippen molar-refractivity contribution in [3.8, 4) is 11.6 Å². The van der Waals surface area contributed by atoms with Gasteiger partial charge in [-0.05, 0) is 18.2 Å². The number of aliphatic hydroxyl groups is 1. The van der Waals surface area contributed by atoms with Crippen molar-refractivity contribution < 1.29 is 14.2 Å². The van der Waals surface area contributed by atoms with Gasteiger partial charge in [0.1, 0.15) is 12.0 Å². The first-order valence-corrected chi connectivity index (χ1v) is 11.0. The molecule has 1 aliphatic heterocycles. The smallest absolute Gasteiger partial charge is 0.229 e. The molecule has 0 radical (unpaired) electrons. The van der Waals surface area contributed by atoms with Crippen LogP contribution in [0, 0.1) is 5.82 Å². The summed E-state index contributed by atoms with van der Waals surface area (Å²) in [5, 5.41) is 17.2. The third-order valence-corrected chi connectivity index (χ3v) is 5.91. The number of benzene rings is 2. The fourth-order valence-electron chi connectivity index (χ4n) is 4.26. The van der Waals surface area contributed by atoms with E-state index in [2.05, 4.69) is 25.5 Å². The molecular weight excluding hydrogens is 437 g/mol. The molecule has 2 aromatic heterocycles. The molecule has 5 N–H and O–H groups in total. The molecule has 176 valence electrons. The molecule has 5 rings (SSSR count). The number of ether oxygens (including phenoxy) is 1. The van der Waals surface area contributed by atoms with Crippen LogP contribution < -0.4 is 26.0 Å². The van der Waals surface area contributed by atoms with Gasteiger partial charge in [-0.1, -0.05) is 18.2 Å². The highest BCUT2D eigenvalue weighted by molar-refractivity contribution is 5.85. The number of halogens is 1. The maximum atomic E-state index is 14.8. The number of piperazine rings is 1. The number of nitrogens with two attached hydrogens (primary N) is 1. The average Bonchev–Trinajstić information content (AvgIpc) is 3.25. The van der Waals surface area contributed by atoms with Crippen LogP contribution >= 0.6 is 0 Å². The van der Waals surface area contributed by atoms with Gasteiger partial charge in [-0.15, -0.1) is 0 Å². The lowest BCUT2D eigenvalue weighted by atomic mass is 10.1. The van der Waals surface area contributed by atoms with Crippen LogP contribution in [0.4, 0.5) is 21.7 Å². The Bertz CT molecular complexity index is 1320. The second kappa shape index (κ2) is 9.26. The normalized spacial score (nSPS) is 14.9. The van der Waals surface area contributed by atoms with Crippen LogP contribution in [-0.2, 0) is 0 Å². The summed E-state index contributed by atoms with van der Waals surface area (Å²) in [6.45, 7) is 3.65. The number of hydrogen-bond donors (Lipinski definition) is 4. The summed E-state index contributed by atoms with van der Waals surface area (Å²) in [6.07, 6.45) is 1.51. The van der Waals surface area contributed by atoms with Crippen LogP contribution in [0.3, 0.4) is 0 Å². The molecule has 1 saturated heterocycles. The molecule has 1 fully saturated rings. The SMILES string of the molecule is COc1cc(Nc2ncc(F)c(-n3cc(C(N)O)c4ccccc43)n2)ccc1N1CCNCC1. The van der Waals surface area contributed by atoms with Crippen LogP contribution in [0.15, 0.2) is 54.9 Å². The minimum Gasteiger partial charge on any atom is -0.495 e. The van der Waals surface area contributed by atoms with Gasteiger partial charge in [0.2, 0.25) is 5.95 Å². The van der Waals surface area contributed by atoms with Crippen LogP contribution in [0.2, 0.25) is 0 Å². The van der Waals surface area contributed by atoms with Crippen LogP contribution in [0.1, 0.15) is 11.8 Å². The minimum atomic E-state index is -1.20. The highest BCUT2D eigenvalue weighted by Gasteiger charge is 2.18. The molecule has 1 unspecified atom stereocenters. The summed E-state index contributed by atoms with van der Waals surface area (Å²) in [6, 6.07) is 13.1. The number of fused-ring (bicyclic) bond motifs is 1. The van der Waals surface area contributed by atoms with E-state index in [9.17, 15) is 9.50 Å². The van der Waals surface area contributed by atoms with Crippen LogP contribution in [0.25, 0.3) is 16.7 Å². The predicted molar refractivity (Wildman–Crippen MR) is 129 cm³/mol. The highest BCUT2D eigenvalue weighted by Crippen LogP contribution is 2.33. The molecule has 9 nitrogen and oxygen atoms in total. The van der Waals surface area contributed by atoms with Gasteiger partial charge in [0, 0.05) is 55.1 Å². The van der Waals surface area contributed by atoms with E-state index in [4.69, 9.17) is 10.5 Å². The topological polar surface area (TPSA) is 113 Å². The maximum Gasteiger partial charge on any atom is 0.229 e. The zero-order valence-electron chi connectivity index (χ0n) is 18.7. The zero-order valence-corrected chi connectivity index (χ0v) is 18.7. The van der Waals surface area contributed by atoms with E-state index < -0.39 is 12.0 Å². The summed E-state index contributed by atoms with van der Waals surface area (Å²) in [4.78, 5) is 10.8. The maximum absolute atomic E-state index is 14.8. The van der Waals surface area contributed by atoms with E-state index in [-0.39, 0.29) is 11.8 Å². The summed E-state index contributed by atoms with van der Waals surface area (Å²) >= 11 is 0. The molecule has 0 aliphatic carbocycles. The van der Waals surface area contributed by atoms with Gasteiger partial charge in [0.05, 0.1) is 24.5 Å². The number of methoxy groups -OCH3 is 1. The predicted octanol–water partition coefficient (Wildman–Crippen LogP) is 2.67. The Kier molecular flexibility index (Phi) is 6.01. The fraction of sp³-hybridized carbons (Fsp3) is 0.250. The van der Waals surface area contributed by atoms with Gasteiger partial charge < -0.3 is 31.1 Å². The third kappa shape index (κ3) is 4.14. The molecule has 2 aromatic carbocycles. The minimum absolute atomic E-state index is 0.0463. The van der Waals surface area contributed by atoms with Gasteiger partial charge in [-0.2, -0.15) is 4.98 Å². The van der Waals surface area contributed by atoms with E-state index >= 15 is 0 Å².